The third-order valence-electron chi connectivity index (χ3n) is 15.0. The molecule has 0 heterocycles. The summed E-state index contributed by atoms with van der Waals surface area (Å²) in [5.74, 6) is 3.33. The number of hydrogen-bond donors (Lipinski definition) is 0. The lowest BCUT2D eigenvalue weighted by atomic mass is 9.43. The van der Waals surface area contributed by atoms with Crippen molar-refractivity contribution < 1.29 is 0 Å². The summed E-state index contributed by atoms with van der Waals surface area (Å²) < 4.78 is 0. The molecular weight excluding hydrogens is 673 g/mol. The molecule has 0 amide bonds. The summed E-state index contributed by atoms with van der Waals surface area (Å²) in [6.45, 7) is 0. The minimum Gasteiger partial charge on any atom is -0.0619 e. The molecule has 0 atom stereocenters. The molecule has 266 valence electrons. The molecule has 9 aromatic rings. The molecule has 0 saturated heterocycles. The lowest BCUT2D eigenvalue weighted by molar-refractivity contribution is -0.0393. The number of hydrogen-bond acceptors (Lipinski definition) is 0. The maximum atomic E-state index is 2.61. The Bertz CT molecular complexity index is 3000. The highest BCUT2D eigenvalue weighted by Crippen LogP contribution is 2.70. The van der Waals surface area contributed by atoms with Crippen molar-refractivity contribution in [3.63, 3.8) is 0 Å². The Labute approximate surface area is 328 Å². The minimum atomic E-state index is 0.129. The molecule has 0 radical (unpaired) electrons. The Morgan fingerprint density at radius 2 is 0.857 bits per heavy atom. The van der Waals surface area contributed by atoms with Crippen molar-refractivity contribution in [3.8, 4) is 44.5 Å². The van der Waals surface area contributed by atoms with E-state index in [2.05, 4.69) is 170 Å². The molecule has 0 N–H and O–H groups in total. The van der Waals surface area contributed by atoms with Crippen molar-refractivity contribution in [1.29, 1.82) is 0 Å². The highest BCUT2D eigenvalue weighted by atomic mass is 14.6. The Morgan fingerprint density at radius 1 is 0.339 bits per heavy atom. The van der Waals surface area contributed by atoms with Crippen molar-refractivity contribution in [1.82, 2.24) is 0 Å². The highest BCUT2D eigenvalue weighted by Gasteiger charge is 2.61. The van der Waals surface area contributed by atoms with Crippen molar-refractivity contribution in [2.24, 2.45) is 23.7 Å². The number of fused-ring (bicyclic) bond motifs is 8. The SMILES string of the molecule is c1ccc2c(c1)-c1ccc3ccc(-c4c5ccccc5c(-c5ccc(-c6ccc7ccccc7c6)cc5)c5ccccc45)cc3c1C21C2CC3CC(C2)CC1C3. The number of benzene rings is 9. The average Bonchev–Trinajstić information content (AvgIpc) is 3.55. The monoisotopic (exact) mass is 714 g/mol. The van der Waals surface area contributed by atoms with Gasteiger partial charge in [-0.15, -0.1) is 0 Å². The van der Waals surface area contributed by atoms with Crippen LogP contribution in [0.2, 0.25) is 0 Å². The van der Waals surface area contributed by atoms with E-state index in [1.807, 2.05) is 0 Å². The first-order chi connectivity index (χ1) is 27.7. The van der Waals surface area contributed by atoms with Gasteiger partial charge < -0.3 is 0 Å². The Hall–Kier alpha value is -5.98. The molecule has 9 aromatic carbocycles. The molecule has 0 unspecified atom stereocenters. The summed E-state index contributed by atoms with van der Waals surface area (Å²) in [6, 6.07) is 64.9. The second kappa shape index (κ2) is 11.5. The second-order valence-corrected chi connectivity index (χ2v) is 17.6. The molecule has 0 aromatic heterocycles. The molecule has 5 aliphatic carbocycles. The van der Waals surface area contributed by atoms with Crippen molar-refractivity contribution in [3.05, 3.63) is 181 Å². The van der Waals surface area contributed by atoms with Gasteiger partial charge in [0.2, 0.25) is 0 Å². The highest BCUT2D eigenvalue weighted by molar-refractivity contribution is 6.22. The van der Waals surface area contributed by atoms with Gasteiger partial charge in [-0.3, -0.25) is 0 Å². The standard InChI is InChI=1S/C56H42/c1-2-10-40-32-41(23-19-36(40)9-1)37-17-21-39(22-18-37)53-46-12-3-5-14-48(46)54(49-15-6-4-13-47(49)53)42-24-20-38-25-26-50-45-11-7-8-16-52(45)56(55(50)51(38)33-42)43-28-34-27-35(30-43)31-44(56)29-34/h1-26,32-35,43-44H,27-31H2. The Kier molecular flexibility index (Phi) is 6.43. The third kappa shape index (κ3) is 4.20. The predicted molar refractivity (Wildman–Crippen MR) is 236 cm³/mol. The molecule has 1 spiro atoms. The molecular formula is C56H42. The molecule has 4 fully saturated rings. The molecule has 5 aliphatic rings. The van der Waals surface area contributed by atoms with Gasteiger partial charge in [-0.2, -0.15) is 0 Å². The summed E-state index contributed by atoms with van der Waals surface area (Å²) in [5.41, 5.74) is 14.1. The van der Waals surface area contributed by atoms with Gasteiger partial charge in [0.1, 0.15) is 0 Å². The molecule has 56 heavy (non-hydrogen) atoms. The Morgan fingerprint density at radius 3 is 1.55 bits per heavy atom. The van der Waals surface area contributed by atoms with Crippen molar-refractivity contribution in [2.45, 2.75) is 37.5 Å². The minimum absolute atomic E-state index is 0.129. The first-order valence-corrected chi connectivity index (χ1v) is 20.9. The zero-order chi connectivity index (χ0) is 36.5. The normalized spacial score (nSPS) is 23.1. The first kappa shape index (κ1) is 31.2. The van der Waals surface area contributed by atoms with Gasteiger partial charge >= 0.3 is 0 Å². The van der Waals surface area contributed by atoms with Crippen LogP contribution < -0.4 is 0 Å². The molecule has 14 rings (SSSR count). The molecule has 0 heteroatoms. The zero-order valence-electron chi connectivity index (χ0n) is 31.5. The largest absolute Gasteiger partial charge is 0.0619 e. The quantitative estimate of drug-likeness (QED) is 0.160. The smallest absolute Gasteiger partial charge is 0.0278 e. The van der Waals surface area contributed by atoms with Gasteiger partial charge in [0, 0.05) is 5.41 Å². The fraction of sp³-hybridized carbons (Fsp3) is 0.179. The maximum absolute atomic E-state index is 2.61. The fourth-order valence-electron chi connectivity index (χ4n) is 13.1. The summed E-state index contributed by atoms with van der Waals surface area (Å²) in [5, 5.41) is 10.7. The van der Waals surface area contributed by atoms with Crippen LogP contribution in [0.5, 0.6) is 0 Å². The van der Waals surface area contributed by atoms with Gasteiger partial charge in [-0.1, -0.05) is 158 Å². The van der Waals surface area contributed by atoms with Crippen LogP contribution >= 0.6 is 0 Å². The van der Waals surface area contributed by atoms with E-state index in [0.717, 1.165) is 23.7 Å². The van der Waals surface area contributed by atoms with Gasteiger partial charge in [0.05, 0.1) is 0 Å². The molecule has 0 aliphatic heterocycles. The molecule has 4 bridgehead atoms. The van der Waals surface area contributed by atoms with Crippen LogP contribution in [-0.2, 0) is 5.41 Å². The van der Waals surface area contributed by atoms with E-state index < -0.39 is 0 Å². The zero-order valence-corrected chi connectivity index (χ0v) is 31.5. The summed E-state index contributed by atoms with van der Waals surface area (Å²) in [4.78, 5) is 0. The van der Waals surface area contributed by atoms with Crippen LogP contribution in [0.4, 0.5) is 0 Å². The van der Waals surface area contributed by atoms with Crippen LogP contribution in [0.25, 0.3) is 87.6 Å². The topological polar surface area (TPSA) is 0 Å². The fourth-order valence-corrected chi connectivity index (χ4v) is 13.1. The van der Waals surface area contributed by atoms with Crippen LogP contribution in [0.1, 0.15) is 43.2 Å². The molecule has 0 nitrogen and oxygen atoms in total. The van der Waals surface area contributed by atoms with Crippen LogP contribution in [0.3, 0.4) is 0 Å². The van der Waals surface area contributed by atoms with E-state index in [1.165, 1.54) is 120 Å². The van der Waals surface area contributed by atoms with E-state index in [1.54, 1.807) is 11.1 Å². The van der Waals surface area contributed by atoms with E-state index in [-0.39, 0.29) is 5.41 Å². The summed E-state index contributed by atoms with van der Waals surface area (Å²) >= 11 is 0. The second-order valence-electron chi connectivity index (χ2n) is 17.6. The van der Waals surface area contributed by atoms with E-state index in [9.17, 15) is 0 Å². The predicted octanol–water partition coefficient (Wildman–Crippen LogP) is 15.0. The average molecular weight is 715 g/mol. The Balaban J connectivity index is 1.01. The lowest BCUT2D eigenvalue weighted by Crippen LogP contribution is -2.55. The summed E-state index contributed by atoms with van der Waals surface area (Å²) in [6.07, 6.45) is 7.07. The van der Waals surface area contributed by atoms with Gasteiger partial charge in [-0.25, -0.2) is 0 Å². The van der Waals surface area contributed by atoms with Crippen molar-refractivity contribution >= 4 is 43.1 Å². The third-order valence-corrected chi connectivity index (χ3v) is 15.0. The maximum Gasteiger partial charge on any atom is 0.0278 e. The van der Waals surface area contributed by atoms with Crippen LogP contribution in [0, 0.1) is 23.7 Å². The van der Waals surface area contributed by atoms with E-state index in [0.29, 0.717) is 0 Å². The van der Waals surface area contributed by atoms with Crippen LogP contribution in [-0.4, -0.2) is 0 Å². The summed E-state index contributed by atoms with van der Waals surface area (Å²) in [7, 11) is 0. The van der Waals surface area contributed by atoms with E-state index >= 15 is 0 Å². The van der Waals surface area contributed by atoms with Crippen LogP contribution in [0.15, 0.2) is 170 Å². The van der Waals surface area contributed by atoms with Crippen molar-refractivity contribution in [2.75, 3.05) is 0 Å². The van der Waals surface area contributed by atoms with E-state index in [4.69, 9.17) is 0 Å². The first-order valence-electron chi connectivity index (χ1n) is 20.9. The van der Waals surface area contributed by atoms with Gasteiger partial charge in [0.15, 0.2) is 0 Å². The number of rotatable bonds is 3. The van der Waals surface area contributed by atoms with Gasteiger partial charge in [0.25, 0.3) is 0 Å². The van der Waals surface area contributed by atoms with Gasteiger partial charge in [-0.05, 0) is 167 Å². The molecule has 4 saturated carbocycles. The lowest BCUT2D eigenvalue weighted by Gasteiger charge is -2.61.